The number of carbonyl (C=O) groups is 1. The minimum atomic E-state index is -4.33. The van der Waals surface area contributed by atoms with E-state index in [1.165, 1.54) is 51.4 Å². The highest BCUT2D eigenvalue weighted by atomic mass is 31.2. The number of nitrogens with one attached hydrogen (secondary N) is 1. The Morgan fingerprint density at radius 1 is 0.625 bits per heavy atom. The molecule has 0 aromatic rings. The first-order valence-corrected chi connectivity index (χ1v) is 23.5. The van der Waals surface area contributed by atoms with Crippen LogP contribution in [0, 0.1) is 0 Å². The molecule has 322 valence electrons. The predicted molar refractivity (Wildman–Crippen MR) is 239 cm³/mol. The minimum absolute atomic E-state index is 0.0547. The van der Waals surface area contributed by atoms with Crippen molar-refractivity contribution in [2.45, 2.75) is 167 Å². The number of aliphatic hydroxyl groups excluding tert-OH is 1. The number of hydrogen-bond acceptors (Lipinski definition) is 5. The number of hydrogen-bond donors (Lipinski definition) is 3. The molecule has 0 fully saturated rings. The summed E-state index contributed by atoms with van der Waals surface area (Å²) < 4.78 is 23.4. The molecule has 0 aliphatic rings. The maximum Gasteiger partial charge on any atom is 0.472 e. The number of phosphoric acid groups is 1. The van der Waals surface area contributed by atoms with Gasteiger partial charge in [0.1, 0.15) is 13.2 Å². The van der Waals surface area contributed by atoms with Gasteiger partial charge < -0.3 is 19.8 Å². The van der Waals surface area contributed by atoms with Crippen LogP contribution in [-0.2, 0) is 18.4 Å². The smallest absolute Gasteiger partial charge is 0.387 e. The first-order chi connectivity index (χ1) is 27.0. The van der Waals surface area contributed by atoms with E-state index >= 15 is 0 Å². The van der Waals surface area contributed by atoms with Gasteiger partial charge in [0, 0.05) is 6.42 Å². The van der Waals surface area contributed by atoms with Crippen molar-refractivity contribution in [3.05, 3.63) is 85.1 Å². The summed E-state index contributed by atoms with van der Waals surface area (Å²) in [7, 11) is 1.55. The zero-order chi connectivity index (χ0) is 41.4. The van der Waals surface area contributed by atoms with Crippen molar-refractivity contribution in [3.8, 4) is 0 Å². The van der Waals surface area contributed by atoms with E-state index in [0.717, 1.165) is 83.5 Å². The molecule has 0 spiro atoms. The molecule has 0 saturated carbocycles. The van der Waals surface area contributed by atoms with Crippen molar-refractivity contribution in [1.29, 1.82) is 0 Å². The second-order valence-electron chi connectivity index (χ2n) is 15.7. The molecule has 3 atom stereocenters. The average Bonchev–Trinajstić information content (AvgIpc) is 3.15. The largest absolute Gasteiger partial charge is 0.472 e. The number of rotatable bonds is 38. The summed E-state index contributed by atoms with van der Waals surface area (Å²) in [5.74, 6) is -0.196. The van der Waals surface area contributed by atoms with Crippen molar-refractivity contribution in [1.82, 2.24) is 5.32 Å². The summed E-state index contributed by atoms with van der Waals surface area (Å²) in [6.45, 7) is 4.60. The number of likely N-dealkylation sites (N-methyl/N-ethyl adjacent to an activating group) is 1. The summed E-state index contributed by atoms with van der Waals surface area (Å²) in [5.41, 5.74) is 0. The van der Waals surface area contributed by atoms with E-state index in [-0.39, 0.29) is 19.1 Å². The van der Waals surface area contributed by atoms with E-state index in [4.69, 9.17) is 9.05 Å². The summed E-state index contributed by atoms with van der Waals surface area (Å²) in [6.07, 6.45) is 52.5. The number of phosphoric ester groups is 1. The fourth-order valence-corrected chi connectivity index (χ4v) is 6.37. The Morgan fingerprint density at radius 3 is 1.57 bits per heavy atom. The average molecular weight is 804 g/mol. The van der Waals surface area contributed by atoms with Gasteiger partial charge >= 0.3 is 7.82 Å². The highest BCUT2D eigenvalue weighted by Crippen LogP contribution is 2.43. The zero-order valence-corrected chi connectivity index (χ0v) is 37.2. The highest BCUT2D eigenvalue weighted by Gasteiger charge is 2.27. The normalized spacial score (nSPS) is 15.2. The number of aliphatic hydroxyl groups is 1. The van der Waals surface area contributed by atoms with Gasteiger partial charge in [-0.25, -0.2) is 4.57 Å². The molecular weight excluding hydrogens is 719 g/mol. The fraction of sp³-hybridized carbons (Fsp3) is 0.681. The summed E-state index contributed by atoms with van der Waals surface area (Å²) >= 11 is 0. The second-order valence-corrected chi connectivity index (χ2v) is 17.1. The molecule has 1 amide bonds. The molecule has 9 heteroatoms. The van der Waals surface area contributed by atoms with Crippen LogP contribution >= 0.6 is 7.82 Å². The number of nitrogens with zero attached hydrogens (tertiary/aromatic N) is 1. The topological polar surface area (TPSA) is 105 Å². The Kier molecular flexibility index (Phi) is 36.6. The molecule has 8 nitrogen and oxygen atoms in total. The van der Waals surface area contributed by atoms with Crippen molar-refractivity contribution >= 4 is 13.7 Å². The van der Waals surface area contributed by atoms with E-state index in [9.17, 15) is 19.4 Å². The summed E-state index contributed by atoms with van der Waals surface area (Å²) in [4.78, 5) is 23.0. The molecule has 0 aromatic carbocycles. The lowest BCUT2D eigenvalue weighted by Gasteiger charge is -2.25. The fourth-order valence-electron chi connectivity index (χ4n) is 5.63. The molecule has 56 heavy (non-hydrogen) atoms. The quantitative estimate of drug-likeness (QED) is 0.0248. The van der Waals surface area contributed by atoms with Crippen LogP contribution in [0.1, 0.15) is 155 Å². The number of quaternary nitrogens is 1. The van der Waals surface area contributed by atoms with Crippen molar-refractivity contribution < 1.29 is 32.9 Å². The number of unbranched alkanes of at least 4 members (excludes halogenated alkanes) is 13. The number of amides is 1. The molecule has 0 bridgehead atoms. The maximum atomic E-state index is 12.8. The van der Waals surface area contributed by atoms with Gasteiger partial charge in [-0.1, -0.05) is 163 Å². The molecule has 0 rings (SSSR count). The molecule has 3 N–H and O–H groups in total. The number of allylic oxidation sites excluding steroid dienone is 13. The van der Waals surface area contributed by atoms with E-state index in [1.807, 2.05) is 27.2 Å². The SMILES string of the molecule is CC/C=C\C/C=C\C/C=C\C/C=C\C/C=C\C/C=C\CCCCCCCCCCC(=O)NC(COP(=O)(O)OCC[N+](C)(C)C)C(O)/C=C/CCCCCCC. The van der Waals surface area contributed by atoms with E-state index in [0.29, 0.717) is 17.4 Å². The van der Waals surface area contributed by atoms with Gasteiger partial charge in [-0.15, -0.1) is 0 Å². The van der Waals surface area contributed by atoms with Crippen LogP contribution < -0.4 is 5.32 Å². The summed E-state index contributed by atoms with van der Waals surface area (Å²) in [6, 6.07) is -0.853. The van der Waals surface area contributed by atoms with Crippen LogP contribution in [0.15, 0.2) is 85.1 Å². The molecule has 0 heterocycles. The third kappa shape index (κ3) is 39.9. The molecule has 0 radical (unpaired) electrons. The summed E-state index contributed by atoms with van der Waals surface area (Å²) in [5, 5.41) is 13.7. The third-order valence-corrected chi connectivity index (χ3v) is 10.1. The molecule has 0 aliphatic carbocycles. The Labute approximate surface area is 344 Å². The van der Waals surface area contributed by atoms with Crippen LogP contribution in [0.25, 0.3) is 0 Å². The Hall–Kier alpha value is -2.32. The highest BCUT2D eigenvalue weighted by molar-refractivity contribution is 7.47. The first kappa shape index (κ1) is 53.7. The molecular formula is C47H84N2O6P+. The van der Waals surface area contributed by atoms with Crippen LogP contribution in [0.2, 0.25) is 0 Å². The molecule has 0 aliphatic heterocycles. The van der Waals surface area contributed by atoms with Gasteiger partial charge in [0.05, 0.1) is 39.9 Å². The van der Waals surface area contributed by atoms with Gasteiger partial charge in [0.2, 0.25) is 5.91 Å². The lowest BCUT2D eigenvalue weighted by Crippen LogP contribution is -2.45. The Bertz CT molecular complexity index is 1180. The standard InChI is InChI=1S/C47H83N2O6P/c1-6-8-10-12-14-15-16-17-18-19-20-21-22-23-24-25-26-27-28-29-30-31-32-33-35-37-39-41-47(51)48-45(46(50)40-38-36-34-13-11-9-7-2)44-55-56(52,53)54-43-42-49(3,4)5/h8,10,14-15,17-18,20-21,23-24,26-27,38,40,45-46,50H,6-7,9,11-13,16,19,22,25,28-37,39,41-44H2,1-5H3,(H-,48,51,52,53)/p+1/b10-8-,15-14-,18-17-,21-20-,24-23-,27-26-,40-38+. The zero-order valence-electron chi connectivity index (χ0n) is 36.3. The van der Waals surface area contributed by atoms with Crippen LogP contribution in [0.5, 0.6) is 0 Å². The second kappa shape index (κ2) is 38.2. The van der Waals surface area contributed by atoms with Crippen molar-refractivity contribution in [2.24, 2.45) is 0 Å². The maximum absolute atomic E-state index is 12.8. The monoisotopic (exact) mass is 804 g/mol. The Morgan fingerprint density at radius 2 is 1.07 bits per heavy atom. The molecule has 3 unspecified atom stereocenters. The van der Waals surface area contributed by atoms with Gasteiger partial charge in [-0.3, -0.25) is 13.8 Å². The van der Waals surface area contributed by atoms with Crippen LogP contribution in [0.3, 0.4) is 0 Å². The van der Waals surface area contributed by atoms with Crippen LogP contribution in [-0.4, -0.2) is 73.4 Å². The Balaban J connectivity index is 4.19. The van der Waals surface area contributed by atoms with Crippen molar-refractivity contribution in [2.75, 3.05) is 40.9 Å². The van der Waals surface area contributed by atoms with Crippen LogP contribution in [0.4, 0.5) is 0 Å². The van der Waals surface area contributed by atoms with Crippen molar-refractivity contribution in [3.63, 3.8) is 0 Å². The van der Waals surface area contributed by atoms with Gasteiger partial charge in [-0.2, -0.15) is 0 Å². The van der Waals surface area contributed by atoms with E-state index in [2.05, 4.69) is 92.1 Å². The lowest BCUT2D eigenvalue weighted by molar-refractivity contribution is -0.870. The lowest BCUT2D eigenvalue weighted by atomic mass is 10.1. The van der Waals surface area contributed by atoms with Gasteiger partial charge in [0.15, 0.2) is 0 Å². The van der Waals surface area contributed by atoms with Gasteiger partial charge in [-0.05, 0) is 70.6 Å². The third-order valence-electron chi connectivity index (χ3n) is 9.12. The number of carbonyl (C=O) groups excluding carboxylic acids is 1. The molecule has 0 aromatic heterocycles. The van der Waals surface area contributed by atoms with E-state index < -0.39 is 20.0 Å². The first-order valence-electron chi connectivity index (χ1n) is 22.0. The minimum Gasteiger partial charge on any atom is -0.387 e. The van der Waals surface area contributed by atoms with E-state index in [1.54, 1.807) is 6.08 Å². The van der Waals surface area contributed by atoms with Gasteiger partial charge in [0.25, 0.3) is 0 Å². The predicted octanol–water partition coefficient (Wildman–Crippen LogP) is 12.2. The molecule has 0 saturated heterocycles.